The van der Waals surface area contributed by atoms with Crippen LogP contribution < -0.4 is 9.47 Å². The molecule has 0 bridgehead atoms. The van der Waals surface area contributed by atoms with Crippen molar-refractivity contribution in [3.63, 3.8) is 0 Å². The number of hydrogen-bond acceptors (Lipinski definition) is 3. The van der Waals surface area contributed by atoms with Crippen LogP contribution in [0.15, 0.2) is 84.4 Å². The van der Waals surface area contributed by atoms with Crippen LogP contribution in [-0.2, 0) is 0 Å². The van der Waals surface area contributed by atoms with E-state index >= 15 is 0 Å². The van der Waals surface area contributed by atoms with E-state index in [0.29, 0.717) is 6.61 Å². The van der Waals surface area contributed by atoms with Crippen molar-refractivity contribution in [2.45, 2.75) is 98.3 Å². The lowest BCUT2D eigenvalue weighted by molar-refractivity contribution is 0.106. The fraction of sp³-hybridized carbons (Fsp3) is 0.450. The second kappa shape index (κ2) is 18.2. The Bertz CT molecular complexity index is 1310. The standard InChI is InChI=1S/C40H53NO2/c1-7-11-14-17-32(5)33-20-22-34(23-21-33)38(30-41-35-18-15-13-16-19-35)37-29-36(42-6)24-25-39(37)43-31-40(26-9-3,27-10-4)28-12-8-2/h13,15-16,18-25,29H,5,7-12,14,17,26-28,31H2,1-4,6H3. The number of unbranched alkanes of at least 4 members (excludes halogenated alkanes) is 3. The second-order valence-corrected chi connectivity index (χ2v) is 11.8. The van der Waals surface area contributed by atoms with Crippen molar-refractivity contribution < 1.29 is 9.47 Å². The van der Waals surface area contributed by atoms with Crippen molar-refractivity contribution in [3.8, 4) is 11.5 Å². The van der Waals surface area contributed by atoms with Crippen LogP contribution in [0, 0.1) is 5.41 Å². The summed E-state index contributed by atoms with van der Waals surface area (Å²) in [6, 6.07) is 24.7. The SMILES string of the molecule is C=C(CCCCC)c1ccc(C(=C=Nc2ccccc2)c2cc(OC)ccc2OCC(CCC)(CCC)CCCC)cc1. The topological polar surface area (TPSA) is 30.8 Å². The third kappa shape index (κ3) is 10.3. The van der Waals surface area contributed by atoms with Crippen molar-refractivity contribution in [1.82, 2.24) is 0 Å². The fourth-order valence-electron chi connectivity index (χ4n) is 5.90. The first-order valence-corrected chi connectivity index (χ1v) is 16.5. The van der Waals surface area contributed by atoms with Gasteiger partial charge in [-0.05, 0) is 85.0 Å². The Balaban J connectivity index is 2.08. The van der Waals surface area contributed by atoms with Crippen molar-refractivity contribution in [3.05, 3.63) is 96.1 Å². The summed E-state index contributed by atoms with van der Waals surface area (Å²) in [5.41, 5.74) is 6.25. The zero-order valence-electron chi connectivity index (χ0n) is 27.4. The average Bonchev–Trinajstić information content (AvgIpc) is 3.04. The van der Waals surface area contributed by atoms with E-state index in [4.69, 9.17) is 14.5 Å². The van der Waals surface area contributed by atoms with E-state index in [1.807, 2.05) is 42.5 Å². The van der Waals surface area contributed by atoms with Crippen LogP contribution in [0.5, 0.6) is 11.5 Å². The van der Waals surface area contributed by atoms with Gasteiger partial charge < -0.3 is 9.47 Å². The quantitative estimate of drug-likeness (QED) is 0.104. The van der Waals surface area contributed by atoms with Crippen LogP contribution in [-0.4, -0.2) is 19.6 Å². The highest BCUT2D eigenvalue weighted by atomic mass is 16.5. The van der Waals surface area contributed by atoms with Crippen LogP contribution >= 0.6 is 0 Å². The maximum absolute atomic E-state index is 6.80. The highest BCUT2D eigenvalue weighted by Crippen LogP contribution is 2.39. The van der Waals surface area contributed by atoms with Crippen molar-refractivity contribution >= 4 is 22.7 Å². The molecule has 0 amide bonds. The summed E-state index contributed by atoms with van der Waals surface area (Å²) >= 11 is 0. The van der Waals surface area contributed by atoms with Crippen LogP contribution in [0.4, 0.5) is 5.69 Å². The molecule has 0 N–H and O–H groups in total. The van der Waals surface area contributed by atoms with E-state index in [-0.39, 0.29) is 5.41 Å². The molecule has 0 aliphatic heterocycles. The molecule has 0 heterocycles. The number of allylic oxidation sites excluding steroid dienone is 1. The molecule has 43 heavy (non-hydrogen) atoms. The molecule has 0 aliphatic rings. The van der Waals surface area contributed by atoms with Crippen LogP contribution in [0.25, 0.3) is 11.1 Å². The molecule has 0 radical (unpaired) electrons. The summed E-state index contributed by atoms with van der Waals surface area (Å²) in [6.07, 6.45) is 12.9. The normalized spacial score (nSPS) is 11.1. The summed E-state index contributed by atoms with van der Waals surface area (Å²) in [5, 5.41) is 0. The first-order valence-electron chi connectivity index (χ1n) is 16.5. The summed E-state index contributed by atoms with van der Waals surface area (Å²) in [4.78, 5) is 4.77. The highest BCUT2D eigenvalue weighted by Gasteiger charge is 2.29. The van der Waals surface area contributed by atoms with Gasteiger partial charge in [-0.25, -0.2) is 4.99 Å². The molecule has 0 unspecified atom stereocenters. The average molecular weight is 580 g/mol. The van der Waals surface area contributed by atoms with Crippen molar-refractivity contribution in [1.29, 1.82) is 0 Å². The molecule has 0 saturated heterocycles. The summed E-state index contributed by atoms with van der Waals surface area (Å²) < 4.78 is 12.5. The number of nitrogens with zero attached hydrogens (tertiary/aromatic N) is 1. The van der Waals surface area contributed by atoms with E-state index in [1.54, 1.807) is 7.11 Å². The van der Waals surface area contributed by atoms with Gasteiger partial charge in [0.2, 0.25) is 0 Å². The van der Waals surface area contributed by atoms with E-state index in [0.717, 1.165) is 53.1 Å². The van der Waals surface area contributed by atoms with E-state index in [9.17, 15) is 0 Å². The Morgan fingerprint density at radius 2 is 1.44 bits per heavy atom. The Hall–Kier alpha value is -3.55. The van der Waals surface area contributed by atoms with Gasteiger partial charge in [-0.15, -0.1) is 0 Å². The molecule has 3 aromatic carbocycles. The van der Waals surface area contributed by atoms with Gasteiger partial charge in [-0.1, -0.05) is 115 Å². The molecule has 0 spiro atoms. The largest absolute Gasteiger partial charge is 0.497 e. The number of rotatable bonds is 19. The lowest BCUT2D eigenvalue weighted by Gasteiger charge is -2.34. The Morgan fingerprint density at radius 1 is 0.767 bits per heavy atom. The van der Waals surface area contributed by atoms with Crippen LogP contribution in [0.3, 0.4) is 0 Å². The maximum Gasteiger partial charge on any atom is 0.128 e. The summed E-state index contributed by atoms with van der Waals surface area (Å²) in [7, 11) is 1.71. The molecule has 0 fully saturated rings. The Labute approximate surface area is 261 Å². The van der Waals surface area contributed by atoms with Crippen LogP contribution in [0.2, 0.25) is 0 Å². The minimum Gasteiger partial charge on any atom is -0.497 e. The Morgan fingerprint density at radius 3 is 2.07 bits per heavy atom. The van der Waals surface area contributed by atoms with Crippen LogP contribution in [0.1, 0.15) is 115 Å². The second-order valence-electron chi connectivity index (χ2n) is 11.8. The van der Waals surface area contributed by atoms with E-state index in [1.165, 1.54) is 62.5 Å². The summed E-state index contributed by atoms with van der Waals surface area (Å²) in [5.74, 6) is 5.04. The lowest BCUT2D eigenvalue weighted by atomic mass is 9.76. The minimum atomic E-state index is 0.179. The molecule has 0 aromatic heterocycles. The molecular formula is C40H53NO2. The fourth-order valence-corrected chi connectivity index (χ4v) is 5.90. The van der Waals surface area contributed by atoms with Gasteiger partial charge in [0.25, 0.3) is 0 Å². The van der Waals surface area contributed by atoms with Gasteiger partial charge in [-0.3, -0.25) is 0 Å². The number of hydrogen-bond donors (Lipinski definition) is 0. The predicted molar refractivity (Wildman–Crippen MR) is 186 cm³/mol. The number of aliphatic imine (C=N–C) groups is 1. The number of ether oxygens (including phenoxy) is 2. The molecule has 3 aromatic rings. The molecule has 3 nitrogen and oxygen atoms in total. The minimum absolute atomic E-state index is 0.179. The van der Waals surface area contributed by atoms with Gasteiger partial charge in [0.15, 0.2) is 0 Å². The van der Waals surface area contributed by atoms with Gasteiger partial charge >= 0.3 is 0 Å². The third-order valence-electron chi connectivity index (χ3n) is 8.33. The first kappa shape index (κ1) is 33.9. The number of para-hydroxylation sites is 1. The van der Waals surface area contributed by atoms with Gasteiger partial charge in [-0.2, -0.15) is 0 Å². The van der Waals surface area contributed by atoms with Crippen molar-refractivity contribution in [2.75, 3.05) is 13.7 Å². The lowest BCUT2D eigenvalue weighted by Crippen LogP contribution is -2.29. The smallest absolute Gasteiger partial charge is 0.128 e. The van der Waals surface area contributed by atoms with Gasteiger partial charge in [0.1, 0.15) is 11.5 Å². The summed E-state index contributed by atoms with van der Waals surface area (Å²) in [6.45, 7) is 14.2. The Kier molecular flexibility index (Phi) is 14.4. The third-order valence-corrected chi connectivity index (χ3v) is 8.33. The number of methoxy groups -OCH3 is 1. The molecule has 3 heteroatoms. The molecular weight excluding hydrogens is 526 g/mol. The van der Waals surface area contributed by atoms with Gasteiger partial charge in [0, 0.05) is 11.0 Å². The first-order chi connectivity index (χ1) is 21.0. The molecule has 3 rings (SSSR count). The molecule has 230 valence electrons. The predicted octanol–water partition coefficient (Wildman–Crippen LogP) is 11.9. The highest BCUT2D eigenvalue weighted by molar-refractivity contribution is 6.01. The van der Waals surface area contributed by atoms with Crippen molar-refractivity contribution in [2.24, 2.45) is 10.4 Å². The number of benzene rings is 3. The maximum atomic E-state index is 6.80. The van der Waals surface area contributed by atoms with Gasteiger partial charge in [0.05, 0.1) is 25.0 Å². The zero-order chi connectivity index (χ0) is 30.9. The molecule has 0 aliphatic carbocycles. The van der Waals surface area contributed by atoms with E-state index < -0.39 is 0 Å². The molecule has 0 saturated carbocycles. The van der Waals surface area contributed by atoms with E-state index in [2.05, 4.69) is 70.5 Å². The zero-order valence-corrected chi connectivity index (χ0v) is 27.4. The monoisotopic (exact) mass is 579 g/mol. The molecule has 0 atom stereocenters.